The lowest BCUT2D eigenvalue weighted by Crippen LogP contribution is -2.44. The Balaban J connectivity index is 1.65. The van der Waals surface area contributed by atoms with Gasteiger partial charge in [0.25, 0.3) is 5.91 Å². The smallest absolute Gasteiger partial charge is 0.279 e. The van der Waals surface area contributed by atoms with Crippen molar-refractivity contribution in [3.63, 3.8) is 0 Å². The monoisotopic (exact) mass is 426 g/mol. The van der Waals surface area contributed by atoms with Gasteiger partial charge in [0.2, 0.25) is 0 Å². The number of carbonyl (C=O) groups is 1. The van der Waals surface area contributed by atoms with Gasteiger partial charge in [0.05, 0.1) is 0 Å². The summed E-state index contributed by atoms with van der Waals surface area (Å²) in [5.41, 5.74) is 3.11. The van der Waals surface area contributed by atoms with Gasteiger partial charge in [-0.15, -0.1) is 11.3 Å². The van der Waals surface area contributed by atoms with E-state index >= 15 is 0 Å². The molecule has 1 aliphatic heterocycles. The van der Waals surface area contributed by atoms with Crippen LogP contribution in [0.4, 0.5) is 5.69 Å². The average Bonchev–Trinajstić information content (AvgIpc) is 3.47. The molecule has 1 aromatic carbocycles. The van der Waals surface area contributed by atoms with E-state index in [0.717, 1.165) is 49.1 Å². The Hall–Kier alpha value is -1.92. The van der Waals surface area contributed by atoms with E-state index in [0.29, 0.717) is 5.56 Å². The normalized spacial score (nSPS) is 18.8. The van der Waals surface area contributed by atoms with Crippen LogP contribution >= 0.6 is 11.3 Å². The fourth-order valence-electron chi connectivity index (χ4n) is 4.09. The van der Waals surface area contributed by atoms with Gasteiger partial charge >= 0.3 is 0 Å². The number of benzene rings is 1. The van der Waals surface area contributed by atoms with E-state index in [2.05, 4.69) is 60.2 Å². The van der Waals surface area contributed by atoms with Crippen LogP contribution in [0.15, 0.2) is 29.3 Å². The lowest BCUT2D eigenvalue weighted by atomic mass is 9.93. The second-order valence-electron chi connectivity index (χ2n) is 9.86. The Morgan fingerprint density at radius 3 is 2.50 bits per heavy atom. The topological polar surface area (TPSA) is 40.8 Å². The minimum atomic E-state index is -0.141. The van der Waals surface area contributed by atoms with Crippen molar-refractivity contribution in [3.05, 3.63) is 45.2 Å². The Morgan fingerprint density at radius 2 is 1.87 bits per heavy atom. The van der Waals surface area contributed by atoms with Gasteiger partial charge in [-0.3, -0.25) is 4.79 Å². The number of piperazine rings is 1. The van der Waals surface area contributed by atoms with Crippen LogP contribution in [-0.4, -0.2) is 48.6 Å². The van der Waals surface area contributed by atoms with Crippen LogP contribution in [0.2, 0.25) is 0 Å². The Labute approximate surface area is 184 Å². The fourth-order valence-corrected chi connectivity index (χ4v) is 5.29. The number of rotatable bonds is 4. The van der Waals surface area contributed by atoms with E-state index in [1.54, 1.807) is 11.3 Å². The van der Waals surface area contributed by atoms with Crippen molar-refractivity contribution in [2.45, 2.75) is 52.5 Å². The van der Waals surface area contributed by atoms with E-state index in [9.17, 15) is 4.79 Å². The number of hydrogen-bond acceptors (Lipinski definition) is 4. The maximum atomic E-state index is 13.1. The molecule has 1 saturated heterocycles. The van der Waals surface area contributed by atoms with Crippen molar-refractivity contribution in [3.8, 4) is 0 Å². The molecule has 2 heterocycles. The molecule has 2 aliphatic rings. The fraction of sp³-hybridized carbons (Fsp3) is 0.583. The summed E-state index contributed by atoms with van der Waals surface area (Å²) in [6.07, 6.45) is 2.57. The standard InChI is InChI=1S/C24H34N4OS/c1-17-21(24(2,3)4)30-23(28(17)16-18-9-10-18)25-22(29)19-7-6-8-20(15-19)27-13-11-26(5)12-14-27/h6-8,15,18H,9-14,16H2,1-5H3. The molecule has 5 nitrogen and oxygen atoms in total. The van der Waals surface area contributed by atoms with E-state index in [-0.39, 0.29) is 11.3 Å². The summed E-state index contributed by atoms with van der Waals surface area (Å²) >= 11 is 1.68. The lowest BCUT2D eigenvalue weighted by molar-refractivity contribution is 0.0997. The first-order valence-electron chi connectivity index (χ1n) is 11.1. The number of aromatic nitrogens is 1. The zero-order valence-electron chi connectivity index (χ0n) is 18.9. The summed E-state index contributed by atoms with van der Waals surface area (Å²) in [5.74, 6) is 0.595. The molecule has 1 saturated carbocycles. The molecule has 4 rings (SSSR count). The van der Waals surface area contributed by atoms with Gasteiger partial charge in [0, 0.05) is 54.5 Å². The molecule has 0 N–H and O–H groups in total. The summed E-state index contributed by atoms with van der Waals surface area (Å²) in [5, 5.41) is 0. The molecule has 0 spiro atoms. The van der Waals surface area contributed by atoms with Crippen LogP contribution in [0.5, 0.6) is 0 Å². The van der Waals surface area contributed by atoms with Crippen molar-refractivity contribution in [1.82, 2.24) is 9.47 Å². The molecule has 1 amide bonds. The average molecular weight is 427 g/mol. The summed E-state index contributed by atoms with van der Waals surface area (Å²) in [6.45, 7) is 13.9. The van der Waals surface area contributed by atoms with Gasteiger partial charge in [-0.1, -0.05) is 26.8 Å². The highest BCUT2D eigenvalue weighted by molar-refractivity contribution is 7.09. The number of likely N-dealkylation sites (N-methyl/N-ethyl adjacent to an activating group) is 1. The Kier molecular flexibility index (Phi) is 5.90. The highest BCUT2D eigenvalue weighted by atomic mass is 32.1. The highest BCUT2D eigenvalue weighted by Crippen LogP contribution is 2.33. The predicted octanol–water partition coefficient (Wildman–Crippen LogP) is 4.06. The second kappa shape index (κ2) is 8.31. The van der Waals surface area contributed by atoms with Crippen LogP contribution in [0.3, 0.4) is 0 Å². The first-order valence-corrected chi connectivity index (χ1v) is 11.9. The maximum Gasteiger partial charge on any atom is 0.279 e. The largest absolute Gasteiger partial charge is 0.369 e. The minimum absolute atomic E-state index is 0.0538. The van der Waals surface area contributed by atoms with E-state index in [1.807, 2.05) is 18.2 Å². The van der Waals surface area contributed by atoms with Crippen LogP contribution in [0, 0.1) is 12.8 Å². The van der Waals surface area contributed by atoms with E-state index < -0.39 is 0 Å². The quantitative estimate of drug-likeness (QED) is 0.740. The highest BCUT2D eigenvalue weighted by Gasteiger charge is 2.27. The Bertz CT molecular complexity index is 985. The van der Waals surface area contributed by atoms with Gasteiger partial charge in [0.1, 0.15) is 0 Å². The second-order valence-corrected chi connectivity index (χ2v) is 10.8. The van der Waals surface area contributed by atoms with Crippen LogP contribution in [0.1, 0.15) is 54.5 Å². The minimum Gasteiger partial charge on any atom is -0.369 e. The molecule has 162 valence electrons. The zero-order valence-corrected chi connectivity index (χ0v) is 19.8. The summed E-state index contributed by atoms with van der Waals surface area (Å²) in [4.78, 5) is 24.6. The third kappa shape index (κ3) is 4.70. The third-order valence-electron chi connectivity index (χ3n) is 6.14. The van der Waals surface area contributed by atoms with Gasteiger partial charge in [-0.2, -0.15) is 4.99 Å². The summed E-state index contributed by atoms with van der Waals surface area (Å²) in [7, 11) is 2.15. The van der Waals surface area contributed by atoms with Crippen molar-refractivity contribution >= 4 is 22.9 Å². The zero-order chi connectivity index (χ0) is 21.5. The number of anilines is 1. The molecule has 0 radical (unpaired) electrons. The molecule has 30 heavy (non-hydrogen) atoms. The number of hydrogen-bond donors (Lipinski definition) is 0. The van der Waals surface area contributed by atoms with Crippen molar-refractivity contribution in [1.29, 1.82) is 0 Å². The molecule has 0 atom stereocenters. The van der Waals surface area contributed by atoms with Crippen molar-refractivity contribution < 1.29 is 4.79 Å². The molecule has 0 unspecified atom stereocenters. The molecule has 2 aromatic rings. The molecule has 0 bridgehead atoms. The molecule has 1 aliphatic carbocycles. The maximum absolute atomic E-state index is 13.1. The first-order chi connectivity index (χ1) is 14.2. The van der Waals surface area contributed by atoms with Gasteiger partial charge in [-0.25, -0.2) is 0 Å². The van der Waals surface area contributed by atoms with Gasteiger partial charge in [-0.05, 0) is 56.3 Å². The van der Waals surface area contributed by atoms with Crippen LogP contribution < -0.4 is 9.70 Å². The van der Waals surface area contributed by atoms with Gasteiger partial charge < -0.3 is 14.4 Å². The third-order valence-corrected chi connectivity index (χ3v) is 7.74. The number of thiazole rings is 1. The number of amides is 1. The van der Waals surface area contributed by atoms with E-state index in [1.165, 1.54) is 23.4 Å². The van der Waals surface area contributed by atoms with Crippen LogP contribution in [-0.2, 0) is 12.0 Å². The molecule has 6 heteroatoms. The summed E-state index contributed by atoms with van der Waals surface area (Å²) < 4.78 is 2.28. The summed E-state index contributed by atoms with van der Waals surface area (Å²) in [6, 6.07) is 7.98. The van der Waals surface area contributed by atoms with Crippen molar-refractivity contribution in [2.75, 3.05) is 38.1 Å². The first kappa shape index (κ1) is 21.3. The van der Waals surface area contributed by atoms with Crippen LogP contribution in [0.25, 0.3) is 0 Å². The molecular weight excluding hydrogens is 392 g/mol. The molecule has 1 aromatic heterocycles. The van der Waals surface area contributed by atoms with Gasteiger partial charge in [0.15, 0.2) is 4.80 Å². The van der Waals surface area contributed by atoms with Crippen molar-refractivity contribution in [2.24, 2.45) is 10.9 Å². The Morgan fingerprint density at radius 1 is 1.17 bits per heavy atom. The number of nitrogens with zero attached hydrogens (tertiary/aromatic N) is 4. The SMILES string of the molecule is Cc1c(C(C)(C)C)sc(=NC(=O)c2cccc(N3CCN(C)CC3)c2)n1CC1CC1. The molecule has 2 fully saturated rings. The lowest BCUT2D eigenvalue weighted by Gasteiger charge is -2.34. The van der Waals surface area contributed by atoms with E-state index in [4.69, 9.17) is 0 Å². The number of carbonyl (C=O) groups excluding carboxylic acids is 1. The predicted molar refractivity (Wildman–Crippen MR) is 125 cm³/mol. The molecular formula is C24H34N4OS.